The van der Waals surface area contributed by atoms with Gasteiger partial charge in [0.15, 0.2) is 0 Å². The first kappa shape index (κ1) is 13.4. The molecular weight excluding hydrogens is 214 g/mol. The second kappa shape index (κ2) is 5.62. The maximum atomic E-state index is 10.9. The van der Waals surface area contributed by atoms with E-state index in [4.69, 9.17) is 0 Å². The molecular formula is C14H19NO2. The van der Waals surface area contributed by atoms with Crippen molar-refractivity contribution in [3.63, 3.8) is 0 Å². The van der Waals surface area contributed by atoms with Gasteiger partial charge in [0.05, 0.1) is 6.04 Å². The molecule has 0 bridgehead atoms. The van der Waals surface area contributed by atoms with Crippen molar-refractivity contribution in [1.29, 1.82) is 0 Å². The molecule has 0 spiro atoms. The van der Waals surface area contributed by atoms with Crippen molar-refractivity contribution >= 4 is 12.2 Å². The maximum absolute atomic E-state index is 10.9. The van der Waals surface area contributed by atoms with Crippen LogP contribution in [-0.4, -0.2) is 18.2 Å². The number of rotatable bonds is 4. The Hall–Kier alpha value is -1.64. The zero-order valence-corrected chi connectivity index (χ0v) is 10.8. The summed E-state index contributed by atoms with van der Waals surface area (Å²) in [6.45, 7) is 7.61. The molecule has 0 aliphatic carbocycles. The summed E-state index contributed by atoms with van der Waals surface area (Å²) in [5.74, 6) is -0.178. The average molecular weight is 233 g/mol. The lowest BCUT2D eigenvalue weighted by molar-refractivity contribution is -0.122. The highest BCUT2D eigenvalue weighted by molar-refractivity contribution is 5.77. The van der Waals surface area contributed by atoms with Crippen LogP contribution in [0.1, 0.15) is 29.2 Å². The molecule has 1 atom stereocenters. The van der Waals surface area contributed by atoms with Crippen LogP contribution >= 0.6 is 0 Å². The molecule has 0 aromatic heterocycles. The quantitative estimate of drug-likeness (QED) is 0.807. The molecule has 0 aliphatic rings. The lowest BCUT2D eigenvalue weighted by atomic mass is 9.97. The summed E-state index contributed by atoms with van der Waals surface area (Å²) < 4.78 is 0. The van der Waals surface area contributed by atoms with Gasteiger partial charge in [-0.2, -0.15) is 0 Å². The van der Waals surface area contributed by atoms with Crippen molar-refractivity contribution in [2.75, 3.05) is 0 Å². The Morgan fingerprint density at radius 1 is 1.29 bits per heavy atom. The van der Waals surface area contributed by atoms with Gasteiger partial charge in [-0.15, -0.1) is 0 Å². The summed E-state index contributed by atoms with van der Waals surface area (Å²) >= 11 is 0. The zero-order valence-electron chi connectivity index (χ0n) is 10.8. The number of aldehydes is 1. The van der Waals surface area contributed by atoms with Crippen LogP contribution in [0.2, 0.25) is 0 Å². The van der Waals surface area contributed by atoms with Crippen molar-refractivity contribution in [3.8, 4) is 0 Å². The van der Waals surface area contributed by atoms with Crippen LogP contribution in [0.4, 0.5) is 0 Å². The molecule has 1 amide bonds. The first-order valence-corrected chi connectivity index (χ1v) is 5.73. The van der Waals surface area contributed by atoms with Gasteiger partial charge in [-0.25, -0.2) is 0 Å². The highest BCUT2D eigenvalue weighted by Crippen LogP contribution is 2.16. The summed E-state index contributed by atoms with van der Waals surface area (Å²) in [4.78, 5) is 21.8. The van der Waals surface area contributed by atoms with E-state index in [0.29, 0.717) is 6.42 Å². The molecule has 1 aromatic rings. The standard InChI is InChI=1S/C14H19NO2/c1-9-5-13(6-10(2)11(9)3)7-14(8-16)15-12(4)17/h5-6,8,14H,7H2,1-4H3,(H,15,17)/t14-/m0/s1. The van der Waals surface area contributed by atoms with Crippen LogP contribution < -0.4 is 5.32 Å². The SMILES string of the molecule is CC(=O)N[C@H](C=O)Cc1cc(C)c(C)c(C)c1. The number of hydrogen-bond donors (Lipinski definition) is 1. The average Bonchev–Trinajstić information content (AvgIpc) is 2.24. The van der Waals surface area contributed by atoms with E-state index in [0.717, 1.165) is 11.8 Å². The van der Waals surface area contributed by atoms with E-state index in [1.54, 1.807) is 0 Å². The third-order valence-electron chi connectivity index (χ3n) is 3.00. The molecule has 1 aromatic carbocycles. The highest BCUT2D eigenvalue weighted by Gasteiger charge is 2.10. The fourth-order valence-electron chi connectivity index (χ4n) is 1.89. The molecule has 92 valence electrons. The van der Waals surface area contributed by atoms with Crippen molar-refractivity contribution in [2.24, 2.45) is 0 Å². The molecule has 17 heavy (non-hydrogen) atoms. The second-order valence-corrected chi connectivity index (χ2v) is 4.50. The maximum Gasteiger partial charge on any atom is 0.217 e. The normalized spacial score (nSPS) is 12.0. The summed E-state index contributed by atoms with van der Waals surface area (Å²) in [5, 5.41) is 2.62. The number of nitrogens with one attached hydrogen (secondary N) is 1. The molecule has 0 aliphatic heterocycles. The van der Waals surface area contributed by atoms with Crippen molar-refractivity contribution < 1.29 is 9.59 Å². The predicted molar refractivity (Wildman–Crippen MR) is 68.0 cm³/mol. The van der Waals surface area contributed by atoms with E-state index in [-0.39, 0.29) is 5.91 Å². The van der Waals surface area contributed by atoms with Gasteiger partial charge in [-0.05, 0) is 49.4 Å². The third-order valence-corrected chi connectivity index (χ3v) is 3.00. The molecule has 0 radical (unpaired) electrons. The monoisotopic (exact) mass is 233 g/mol. The largest absolute Gasteiger partial charge is 0.346 e. The summed E-state index contributed by atoms with van der Waals surface area (Å²) in [7, 11) is 0. The van der Waals surface area contributed by atoms with Gasteiger partial charge < -0.3 is 10.1 Å². The van der Waals surface area contributed by atoms with Crippen LogP contribution in [0.25, 0.3) is 0 Å². The van der Waals surface area contributed by atoms with Gasteiger partial charge in [0.2, 0.25) is 5.91 Å². The van der Waals surface area contributed by atoms with Gasteiger partial charge in [0.25, 0.3) is 0 Å². The Balaban J connectivity index is 2.87. The molecule has 1 N–H and O–H groups in total. The Bertz CT molecular complexity index is 415. The summed E-state index contributed by atoms with van der Waals surface area (Å²) in [5.41, 5.74) is 4.78. The van der Waals surface area contributed by atoms with Gasteiger partial charge in [0, 0.05) is 6.92 Å². The molecule has 0 unspecified atom stereocenters. The van der Waals surface area contributed by atoms with Gasteiger partial charge in [-0.3, -0.25) is 4.79 Å². The van der Waals surface area contributed by atoms with Crippen LogP contribution in [-0.2, 0) is 16.0 Å². The van der Waals surface area contributed by atoms with Gasteiger partial charge in [0.1, 0.15) is 6.29 Å². The fourth-order valence-corrected chi connectivity index (χ4v) is 1.89. The number of hydrogen-bond acceptors (Lipinski definition) is 2. The first-order valence-electron chi connectivity index (χ1n) is 5.73. The molecule has 0 saturated carbocycles. The van der Waals surface area contributed by atoms with E-state index in [1.165, 1.54) is 23.6 Å². The van der Waals surface area contributed by atoms with Gasteiger partial charge in [-0.1, -0.05) is 12.1 Å². The van der Waals surface area contributed by atoms with E-state index >= 15 is 0 Å². The van der Waals surface area contributed by atoms with Crippen LogP contribution in [0.15, 0.2) is 12.1 Å². The van der Waals surface area contributed by atoms with E-state index < -0.39 is 6.04 Å². The van der Waals surface area contributed by atoms with Crippen LogP contribution in [0.5, 0.6) is 0 Å². The Kier molecular flexibility index (Phi) is 4.44. The minimum Gasteiger partial charge on any atom is -0.346 e. The fraction of sp³-hybridized carbons (Fsp3) is 0.429. The molecule has 0 fully saturated rings. The summed E-state index contributed by atoms with van der Waals surface area (Å²) in [6.07, 6.45) is 1.33. The topological polar surface area (TPSA) is 46.2 Å². The lowest BCUT2D eigenvalue weighted by Gasteiger charge is -2.13. The number of amides is 1. The van der Waals surface area contributed by atoms with Gasteiger partial charge >= 0.3 is 0 Å². The van der Waals surface area contributed by atoms with E-state index in [1.807, 2.05) is 0 Å². The Labute approximate surface area is 102 Å². The molecule has 1 rings (SSSR count). The molecule has 3 heteroatoms. The zero-order chi connectivity index (χ0) is 13.0. The first-order chi connectivity index (χ1) is 7.93. The second-order valence-electron chi connectivity index (χ2n) is 4.50. The molecule has 0 heterocycles. The minimum absolute atomic E-state index is 0.178. The van der Waals surface area contributed by atoms with E-state index in [2.05, 4.69) is 38.2 Å². The highest BCUT2D eigenvalue weighted by atomic mass is 16.2. The number of carbonyl (C=O) groups is 2. The van der Waals surface area contributed by atoms with Crippen molar-refractivity contribution in [2.45, 2.75) is 40.2 Å². The molecule has 3 nitrogen and oxygen atoms in total. The smallest absolute Gasteiger partial charge is 0.217 e. The van der Waals surface area contributed by atoms with E-state index in [9.17, 15) is 9.59 Å². The minimum atomic E-state index is -0.436. The lowest BCUT2D eigenvalue weighted by Crippen LogP contribution is -2.36. The molecule has 0 saturated heterocycles. The number of benzene rings is 1. The predicted octanol–water partition coefficient (Wildman–Crippen LogP) is 1.86. The number of aryl methyl sites for hydroxylation is 2. The summed E-state index contributed by atoms with van der Waals surface area (Å²) in [6, 6.07) is 3.70. The Morgan fingerprint density at radius 2 is 1.82 bits per heavy atom. The van der Waals surface area contributed by atoms with Crippen molar-refractivity contribution in [1.82, 2.24) is 5.32 Å². The van der Waals surface area contributed by atoms with Crippen LogP contribution in [0.3, 0.4) is 0 Å². The Morgan fingerprint density at radius 3 is 2.24 bits per heavy atom. The third kappa shape index (κ3) is 3.70. The number of carbonyl (C=O) groups excluding carboxylic acids is 2. The van der Waals surface area contributed by atoms with Crippen LogP contribution in [0, 0.1) is 20.8 Å². The van der Waals surface area contributed by atoms with Crippen molar-refractivity contribution in [3.05, 3.63) is 34.4 Å².